The molecule has 1 aromatic heterocycles. The summed E-state index contributed by atoms with van der Waals surface area (Å²) < 4.78 is 0. The number of nitrogens with zero attached hydrogens (tertiary/aromatic N) is 2. The van der Waals surface area contributed by atoms with Crippen LogP contribution >= 0.6 is 34.8 Å². The number of aryl methyl sites for hydroxylation is 1. The van der Waals surface area contributed by atoms with Gasteiger partial charge in [0.1, 0.15) is 11.0 Å². The molecule has 0 unspecified atom stereocenters. The van der Waals surface area contributed by atoms with E-state index in [0.717, 1.165) is 16.8 Å². The summed E-state index contributed by atoms with van der Waals surface area (Å²) in [6.45, 7) is 3.67. The zero-order valence-electron chi connectivity index (χ0n) is 9.26. The van der Waals surface area contributed by atoms with Crippen LogP contribution in [0.25, 0.3) is 11.3 Å². The molecule has 17 heavy (non-hydrogen) atoms. The lowest BCUT2D eigenvalue weighted by Gasteiger charge is -2.08. The third-order valence-corrected chi connectivity index (χ3v) is 3.50. The Labute approximate surface area is 115 Å². The Balaban J connectivity index is 2.64. The Hall–Kier alpha value is -0.830. The minimum absolute atomic E-state index is 0.457. The Morgan fingerprint density at radius 3 is 2.29 bits per heavy atom. The van der Waals surface area contributed by atoms with Crippen LogP contribution in [0.2, 0.25) is 15.2 Å². The molecule has 88 valence electrons. The first-order valence-corrected chi connectivity index (χ1v) is 6.08. The molecule has 5 heteroatoms. The number of benzene rings is 1. The molecule has 2 aromatic rings. The van der Waals surface area contributed by atoms with E-state index in [9.17, 15) is 0 Å². The summed E-state index contributed by atoms with van der Waals surface area (Å²) in [5.41, 5.74) is 2.49. The van der Waals surface area contributed by atoms with E-state index in [1.165, 1.54) is 0 Å². The van der Waals surface area contributed by atoms with E-state index in [1.54, 1.807) is 19.1 Å². The van der Waals surface area contributed by atoms with Crippen LogP contribution in [-0.2, 0) is 0 Å². The molecule has 0 spiro atoms. The maximum Gasteiger partial charge on any atom is 0.136 e. The molecule has 1 heterocycles. The first-order chi connectivity index (χ1) is 7.99. The van der Waals surface area contributed by atoms with Crippen molar-refractivity contribution in [2.24, 2.45) is 0 Å². The van der Waals surface area contributed by atoms with Crippen LogP contribution in [0.15, 0.2) is 18.2 Å². The largest absolute Gasteiger partial charge is 0.233 e. The maximum absolute atomic E-state index is 6.03. The zero-order chi connectivity index (χ0) is 12.6. The monoisotopic (exact) mass is 286 g/mol. The molecule has 0 saturated carbocycles. The molecule has 0 atom stereocenters. The van der Waals surface area contributed by atoms with E-state index in [2.05, 4.69) is 9.97 Å². The standard InChI is InChI=1S/C12H9Cl3N2/c1-6-11(16-7(2)17-12(6)15)8-3-4-9(13)10(14)5-8/h3-5H,1-2H3. The Morgan fingerprint density at radius 2 is 1.65 bits per heavy atom. The van der Waals surface area contributed by atoms with Gasteiger partial charge in [0, 0.05) is 11.1 Å². The van der Waals surface area contributed by atoms with Gasteiger partial charge in [-0.2, -0.15) is 0 Å². The van der Waals surface area contributed by atoms with E-state index < -0.39 is 0 Å². The van der Waals surface area contributed by atoms with Crippen LogP contribution in [0.4, 0.5) is 0 Å². The van der Waals surface area contributed by atoms with Crippen LogP contribution in [-0.4, -0.2) is 9.97 Å². The molecule has 2 rings (SSSR count). The van der Waals surface area contributed by atoms with Crippen molar-refractivity contribution in [3.8, 4) is 11.3 Å². The molecule has 0 aliphatic carbocycles. The van der Waals surface area contributed by atoms with Crippen molar-refractivity contribution in [1.82, 2.24) is 9.97 Å². The first kappa shape index (κ1) is 12.6. The van der Waals surface area contributed by atoms with Gasteiger partial charge in [-0.15, -0.1) is 0 Å². The minimum Gasteiger partial charge on any atom is -0.233 e. The molecule has 2 nitrogen and oxygen atoms in total. The fourth-order valence-corrected chi connectivity index (χ4v) is 2.03. The van der Waals surface area contributed by atoms with E-state index in [1.807, 2.05) is 13.0 Å². The molecule has 0 N–H and O–H groups in total. The first-order valence-electron chi connectivity index (χ1n) is 4.95. The lowest BCUT2D eigenvalue weighted by Crippen LogP contribution is -1.96. The van der Waals surface area contributed by atoms with Gasteiger partial charge in [0.05, 0.1) is 15.7 Å². The summed E-state index contributed by atoms with van der Waals surface area (Å²) in [6.07, 6.45) is 0. The predicted octanol–water partition coefficient (Wildman–Crippen LogP) is 4.72. The molecule has 1 aromatic carbocycles. The summed E-state index contributed by atoms with van der Waals surface area (Å²) in [4.78, 5) is 8.47. The second kappa shape index (κ2) is 4.81. The molecular formula is C12H9Cl3N2. The molecule has 0 amide bonds. The van der Waals surface area contributed by atoms with Crippen LogP contribution in [0.1, 0.15) is 11.4 Å². The minimum atomic E-state index is 0.457. The fourth-order valence-electron chi connectivity index (χ4n) is 1.52. The van der Waals surface area contributed by atoms with E-state index in [4.69, 9.17) is 34.8 Å². The zero-order valence-corrected chi connectivity index (χ0v) is 11.5. The van der Waals surface area contributed by atoms with E-state index in [0.29, 0.717) is 21.0 Å². The van der Waals surface area contributed by atoms with Crippen LogP contribution in [0, 0.1) is 13.8 Å². The van der Waals surface area contributed by atoms with Gasteiger partial charge < -0.3 is 0 Å². The lowest BCUT2D eigenvalue weighted by molar-refractivity contribution is 1.04. The van der Waals surface area contributed by atoms with Gasteiger partial charge in [0.15, 0.2) is 0 Å². The van der Waals surface area contributed by atoms with Crippen molar-refractivity contribution < 1.29 is 0 Å². The van der Waals surface area contributed by atoms with Gasteiger partial charge in [-0.25, -0.2) is 9.97 Å². The van der Waals surface area contributed by atoms with E-state index >= 15 is 0 Å². The van der Waals surface area contributed by atoms with Gasteiger partial charge in [-0.3, -0.25) is 0 Å². The Morgan fingerprint density at radius 1 is 0.941 bits per heavy atom. The van der Waals surface area contributed by atoms with E-state index in [-0.39, 0.29) is 0 Å². The SMILES string of the molecule is Cc1nc(Cl)c(C)c(-c2ccc(Cl)c(Cl)c2)n1. The summed E-state index contributed by atoms with van der Waals surface area (Å²) in [5.74, 6) is 0.627. The van der Waals surface area contributed by atoms with Crippen molar-refractivity contribution in [3.05, 3.63) is 44.8 Å². The van der Waals surface area contributed by atoms with Gasteiger partial charge in [0.2, 0.25) is 0 Å². The van der Waals surface area contributed by atoms with Crippen LogP contribution < -0.4 is 0 Å². The summed E-state index contributed by atoms with van der Waals surface area (Å²) in [5, 5.41) is 1.47. The van der Waals surface area contributed by atoms with Crippen molar-refractivity contribution in [2.45, 2.75) is 13.8 Å². The van der Waals surface area contributed by atoms with Crippen LogP contribution in [0.5, 0.6) is 0 Å². The second-order valence-corrected chi connectivity index (χ2v) is 4.84. The smallest absolute Gasteiger partial charge is 0.136 e. The number of hydrogen-bond donors (Lipinski definition) is 0. The molecule has 0 fully saturated rings. The van der Waals surface area contributed by atoms with Gasteiger partial charge >= 0.3 is 0 Å². The molecule has 0 aliphatic heterocycles. The molecule has 0 radical (unpaired) electrons. The van der Waals surface area contributed by atoms with Crippen molar-refractivity contribution >= 4 is 34.8 Å². The highest BCUT2D eigenvalue weighted by Gasteiger charge is 2.10. The third-order valence-electron chi connectivity index (χ3n) is 2.39. The highest BCUT2D eigenvalue weighted by atomic mass is 35.5. The average Bonchev–Trinajstić information content (AvgIpc) is 2.27. The summed E-state index contributed by atoms with van der Waals surface area (Å²) in [6, 6.07) is 5.37. The number of halogens is 3. The van der Waals surface area contributed by atoms with Crippen molar-refractivity contribution in [3.63, 3.8) is 0 Å². The third kappa shape index (κ3) is 2.54. The molecular weight excluding hydrogens is 279 g/mol. The fraction of sp³-hybridized carbons (Fsp3) is 0.167. The summed E-state index contributed by atoms with van der Waals surface area (Å²) >= 11 is 17.9. The molecule has 0 saturated heterocycles. The number of rotatable bonds is 1. The quantitative estimate of drug-likeness (QED) is 0.709. The normalized spacial score (nSPS) is 10.6. The average molecular weight is 288 g/mol. The molecule has 0 bridgehead atoms. The maximum atomic E-state index is 6.03. The summed E-state index contributed by atoms with van der Waals surface area (Å²) in [7, 11) is 0. The van der Waals surface area contributed by atoms with Crippen molar-refractivity contribution in [1.29, 1.82) is 0 Å². The van der Waals surface area contributed by atoms with Gasteiger partial charge in [0.25, 0.3) is 0 Å². The number of aromatic nitrogens is 2. The number of hydrogen-bond acceptors (Lipinski definition) is 2. The van der Waals surface area contributed by atoms with Gasteiger partial charge in [-0.1, -0.05) is 40.9 Å². The highest BCUT2D eigenvalue weighted by molar-refractivity contribution is 6.42. The van der Waals surface area contributed by atoms with Crippen LogP contribution in [0.3, 0.4) is 0 Å². The second-order valence-electron chi connectivity index (χ2n) is 3.66. The highest BCUT2D eigenvalue weighted by Crippen LogP contribution is 2.30. The van der Waals surface area contributed by atoms with Crippen molar-refractivity contribution in [2.75, 3.05) is 0 Å². The molecule has 0 aliphatic rings. The lowest BCUT2D eigenvalue weighted by atomic mass is 10.1. The Bertz CT molecular complexity index is 582. The predicted molar refractivity (Wildman–Crippen MR) is 72.0 cm³/mol. The Kier molecular flexibility index (Phi) is 3.57. The van der Waals surface area contributed by atoms with Gasteiger partial charge in [-0.05, 0) is 26.0 Å². The topological polar surface area (TPSA) is 25.8 Å².